The number of amides is 3. The number of carboxylic acids is 1. The predicted octanol–water partition coefficient (Wildman–Crippen LogP) is 12.5. The Labute approximate surface area is 512 Å². The number of hydrogen-bond donors (Lipinski definition) is 4. The van der Waals surface area contributed by atoms with Gasteiger partial charge < -0.3 is 44.7 Å². The lowest BCUT2D eigenvalue weighted by Gasteiger charge is -2.19. The van der Waals surface area contributed by atoms with Gasteiger partial charge in [0.05, 0.1) is 48.2 Å². The van der Waals surface area contributed by atoms with E-state index in [9.17, 15) is 39.7 Å². The van der Waals surface area contributed by atoms with E-state index in [4.69, 9.17) is 13.9 Å². The van der Waals surface area contributed by atoms with Crippen molar-refractivity contribution in [1.82, 2.24) is 15.2 Å². The van der Waals surface area contributed by atoms with Gasteiger partial charge in [-0.25, -0.2) is 9.37 Å². The first-order valence-corrected chi connectivity index (χ1v) is 28.8. The largest absolute Gasteiger partial charge is 0.494 e. The van der Waals surface area contributed by atoms with Crippen molar-refractivity contribution in [2.45, 2.75) is 25.7 Å². The molecule has 1 heterocycles. The van der Waals surface area contributed by atoms with E-state index in [1.165, 1.54) is 62.4 Å². The lowest BCUT2D eigenvalue weighted by Crippen LogP contribution is -2.27. The molecule has 8 rings (SSSR count). The topological polar surface area (TPSA) is 282 Å². The number of nitrogens with zero attached hydrogens (tertiary/aromatic N) is 9. The van der Waals surface area contributed by atoms with Crippen molar-refractivity contribution in [3.05, 3.63) is 178 Å². The van der Waals surface area contributed by atoms with Crippen LogP contribution in [-0.4, -0.2) is 109 Å². The number of methoxy groups -OCH3 is 2. The van der Waals surface area contributed by atoms with E-state index >= 15 is 0 Å². The molecule has 0 saturated carbocycles. The van der Waals surface area contributed by atoms with E-state index in [0.29, 0.717) is 105 Å². The van der Waals surface area contributed by atoms with Crippen molar-refractivity contribution in [3.63, 3.8) is 0 Å². The summed E-state index contributed by atoms with van der Waals surface area (Å²) in [7, 11) is 12.6. The third-order valence-electron chi connectivity index (χ3n) is 14.0. The molecule has 1 aliphatic heterocycles. The van der Waals surface area contributed by atoms with Crippen LogP contribution in [0.15, 0.2) is 170 Å². The Kier molecular flexibility index (Phi) is 21.5. The van der Waals surface area contributed by atoms with Crippen LogP contribution < -0.4 is 45.2 Å². The Morgan fingerprint density at radius 1 is 0.716 bits per heavy atom. The van der Waals surface area contributed by atoms with Crippen LogP contribution in [-0.2, 0) is 9.59 Å². The summed E-state index contributed by atoms with van der Waals surface area (Å²) in [6.45, 7) is 1.17. The van der Waals surface area contributed by atoms with Gasteiger partial charge in [-0.15, -0.1) is 22.0 Å². The molecule has 0 bridgehead atoms. The van der Waals surface area contributed by atoms with Crippen LogP contribution in [0, 0.1) is 21.4 Å². The molecule has 23 heteroatoms. The van der Waals surface area contributed by atoms with Crippen molar-refractivity contribution < 1.29 is 43.1 Å². The lowest BCUT2D eigenvalue weighted by atomic mass is 9.89. The zero-order valence-corrected chi connectivity index (χ0v) is 50.4. The third kappa shape index (κ3) is 16.4. The number of carboxylic acid groups (broad SMARTS) is 1. The van der Waals surface area contributed by atoms with Gasteiger partial charge >= 0.3 is 5.97 Å². The van der Waals surface area contributed by atoms with Crippen LogP contribution in [0.25, 0.3) is 38.3 Å². The van der Waals surface area contributed by atoms with Gasteiger partial charge in [0.2, 0.25) is 17.2 Å². The van der Waals surface area contributed by atoms with E-state index in [2.05, 4.69) is 42.5 Å². The number of fused-ring (bicyclic) bond motifs is 2. The Morgan fingerprint density at radius 2 is 1.34 bits per heavy atom. The van der Waals surface area contributed by atoms with Crippen molar-refractivity contribution in [1.29, 1.82) is 5.26 Å². The van der Waals surface area contributed by atoms with E-state index in [0.717, 1.165) is 33.2 Å². The molecule has 0 fully saturated rings. The monoisotopic (exact) mass is 1210 g/mol. The van der Waals surface area contributed by atoms with Crippen LogP contribution in [0.3, 0.4) is 0 Å². The molecular weight excluding hydrogens is 1140 g/mol. The molecule has 1 aliphatic carbocycles. The molecule has 0 saturated heterocycles. The van der Waals surface area contributed by atoms with Gasteiger partial charge in [-0.3, -0.25) is 24.5 Å². The number of benzene rings is 7. The first-order chi connectivity index (χ1) is 42.4. The Bertz CT molecular complexity index is 4060. The van der Waals surface area contributed by atoms with Gasteiger partial charge in [0.1, 0.15) is 48.3 Å². The molecule has 22 nitrogen and oxygen atoms in total. The van der Waals surface area contributed by atoms with Crippen LogP contribution in [0.2, 0.25) is 0 Å². The smallest absolute Gasteiger partial charge is 0.336 e. The van der Waals surface area contributed by atoms with E-state index < -0.39 is 16.8 Å². The molecule has 0 atom stereocenters. The minimum absolute atomic E-state index is 0.0467. The highest BCUT2D eigenvalue weighted by Gasteiger charge is 2.24. The fraction of sp³-hybridized carbons (Fsp3) is 0.231. The van der Waals surface area contributed by atoms with Crippen LogP contribution in [0.1, 0.15) is 52.0 Å². The molecular formula is C65H65N12O10S+. The number of carbonyl (C=O) groups excluding carboxylic acids is 3. The zero-order chi connectivity index (χ0) is 62.9. The highest BCUT2D eigenvalue weighted by Crippen LogP contribution is 2.43. The number of carbonyl (C=O) groups is 4. The number of nitriles is 1. The molecule has 0 radical (unpaired) electrons. The minimum atomic E-state index is -1.19. The number of anilines is 3. The molecule has 0 unspecified atom stereocenters. The SMILES string of the molecule is COc1cc(/N=N/c2ccc([N+](=O)[O-])cc2)c(OC)cc1/N=N/c1ccc(N(C)CCCC(=O)NCCS/C(=C/C#N)c2ccc(NC(=O)CCCNC(=O)c3ccc(-c4c5ccc(=[N+](C)C)cc-5oc5cc(N(C)C)ccc45)c(C(=O)O)c3)cc2)cc1. The lowest BCUT2D eigenvalue weighted by molar-refractivity contribution is -0.384. The molecule has 6 aromatic carbocycles. The van der Waals surface area contributed by atoms with Gasteiger partial charge in [0, 0.05) is 146 Å². The molecule has 6 aromatic rings. The summed E-state index contributed by atoms with van der Waals surface area (Å²) < 4.78 is 19.4. The van der Waals surface area contributed by atoms with E-state index in [1.807, 2.05) is 110 Å². The number of nitro groups is 1. The fourth-order valence-electron chi connectivity index (χ4n) is 9.26. The summed E-state index contributed by atoms with van der Waals surface area (Å²) in [6.07, 6.45) is 2.79. The zero-order valence-electron chi connectivity index (χ0n) is 49.6. The average molecular weight is 1210 g/mol. The Balaban J connectivity index is 0.750. The van der Waals surface area contributed by atoms with Gasteiger partial charge in [0.25, 0.3) is 11.6 Å². The van der Waals surface area contributed by atoms with Crippen molar-refractivity contribution >= 4 is 96.8 Å². The second-order valence-electron chi connectivity index (χ2n) is 20.4. The number of nitrogens with one attached hydrogen (secondary N) is 3. The maximum atomic E-state index is 13.4. The summed E-state index contributed by atoms with van der Waals surface area (Å²) in [4.78, 5) is 67.2. The molecule has 4 N–H and O–H groups in total. The quantitative estimate of drug-likeness (QED) is 0.00746. The first-order valence-electron chi connectivity index (χ1n) is 27.8. The number of nitro benzene ring substituents is 1. The summed E-state index contributed by atoms with van der Waals surface area (Å²) in [6, 6.07) is 41.7. The average Bonchev–Trinajstić information content (AvgIpc) is 1.32. The summed E-state index contributed by atoms with van der Waals surface area (Å²) in [5, 5.41) is 58.5. The second kappa shape index (κ2) is 29.9. The number of azo groups is 2. The second-order valence-corrected chi connectivity index (χ2v) is 21.6. The fourth-order valence-corrected chi connectivity index (χ4v) is 10.1. The standard InChI is InChI=1S/C65H64N12O10S/c1-74(2)48-25-28-51-56(37-48)87-57-38-49(75(3)4)26-29-52(57)63(51)50-27-14-42(36-53(50)65(81)82)64(80)68-32-8-10-62(79)69-43-15-12-41(13-16-43)60(30-31-66)88-35-33-67-61(78)11-9-34-76(5)46-21-17-44(18-22-46)70-72-54-39-59(86-7)55(40-58(54)85-6)73-71-45-19-23-47(24-20-45)77(83)84/h12-30,36-40H,8-11,32-35H2,1-7H3,(H3-,67,68,69,78,79,80,81,82)/p+1/b60-30+,72-70+,73-71+. The van der Waals surface area contributed by atoms with Crippen LogP contribution in [0.5, 0.6) is 11.5 Å². The Hall–Kier alpha value is -10.7. The van der Waals surface area contributed by atoms with E-state index in [-0.39, 0.29) is 41.6 Å². The number of rotatable bonds is 26. The van der Waals surface area contributed by atoms with Gasteiger partial charge in [-0.05, 0) is 103 Å². The number of allylic oxidation sites excluding steroid dienone is 1. The first kappa shape index (κ1) is 63.3. The van der Waals surface area contributed by atoms with Crippen LogP contribution >= 0.6 is 11.8 Å². The highest BCUT2D eigenvalue weighted by atomic mass is 32.2. The van der Waals surface area contributed by atoms with Crippen molar-refractivity contribution in [2.75, 3.05) is 90.0 Å². The normalized spacial score (nSPS) is 11.4. The number of non-ortho nitro benzene ring substituents is 1. The van der Waals surface area contributed by atoms with Gasteiger partial charge in [-0.1, -0.05) is 18.2 Å². The molecule has 450 valence electrons. The third-order valence-corrected chi connectivity index (χ3v) is 15.0. The summed E-state index contributed by atoms with van der Waals surface area (Å²) in [5.74, 6) is -0.193. The molecule has 2 aliphatic rings. The maximum Gasteiger partial charge on any atom is 0.336 e. The number of ether oxygens (including phenoxy) is 2. The van der Waals surface area contributed by atoms with Crippen LogP contribution in [0.4, 0.5) is 45.5 Å². The molecule has 88 heavy (non-hydrogen) atoms. The maximum absolute atomic E-state index is 13.4. The summed E-state index contributed by atoms with van der Waals surface area (Å²) >= 11 is 1.43. The van der Waals surface area contributed by atoms with Crippen molar-refractivity contribution in [2.24, 2.45) is 20.5 Å². The number of aromatic carboxylic acids is 1. The number of hydrogen-bond acceptors (Lipinski definition) is 17. The molecule has 0 aromatic heterocycles. The van der Waals surface area contributed by atoms with E-state index in [1.54, 1.807) is 48.5 Å². The highest BCUT2D eigenvalue weighted by molar-refractivity contribution is 8.08. The van der Waals surface area contributed by atoms with Gasteiger partial charge in [-0.2, -0.15) is 15.5 Å². The van der Waals surface area contributed by atoms with Crippen molar-refractivity contribution in [3.8, 4) is 40.0 Å². The molecule has 0 spiro atoms. The number of thioether (sulfide) groups is 1. The van der Waals surface area contributed by atoms with Gasteiger partial charge in [0.15, 0.2) is 0 Å². The predicted molar refractivity (Wildman–Crippen MR) is 342 cm³/mol. The molecule has 3 amide bonds. The summed E-state index contributed by atoms with van der Waals surface area (Å²) in [5.41, 5.74) is 7.37. The minimum Gasteiger partial charge on any atom is -0.494 e. The Morgan fingerprint density at radius 3 is 1.95 bits per heavy atom.